The number of pyridine rings is 2. The van der Waals surface area contributed by atoms with E-state index < -0.39 is 32.0 Å². The molecule has 3 atom stereocenters. The van der Waals surface area contributed by atoms with Crippen LogP contribution in [0.2, 0.25) is 18.1 Å². The molecule has 5 rings (SSSR count). The molecule has 0 radical (unpaired) electrons. The highest BCUT2D eigenvalue weighted by Gasteiger charge is 2.52. The summed E-state index contributed by atoms with van der Waals surface area (Å²) in [5, 5.41) is 20.2. The second-order valence-corrected chi connectivity index (χ2v) is 18.3. The Kier molecular flexibility index (Phi) is 7.49. The van der Waals surface area contributed by atoms with Crippen LogP contribution in [0.5, 0.6) is 0 Å². The molecular weight excluding hydrogens is 544 g/mol. The van der Waals surface area contributed by atoms with Crippen molar-refractivity contribution in [3.63, 3.8) is 0 Å². The Morgan fingerprint density at radius 1 is 1.20 bits per heavy atom. The average Bonchev–Trinajstić information content (AvgIpc) is 3.64. The van der Waals surface area contributed by atoms with Crippen LogP contribution in [0, 0.1) is 5.92 Å². The van der Waals surface area contributed by atoms with Crippen molar-refractivity contribution < 1.29 is 19.1 Å². The van der Waals surface area contributed by atoms with E-state index >= 15 is 0 Å². The predicted molar refractivity (Wildman–Crippen MR) is 159 cm³/mol. The molecule has 3 aromatic rings. The lowest BCUT2D eigenvalue weighted by atomic mass is 9.76. The number of amides is 2. The lowest BCUT2D eigenvalue weighted by molar-refractivity contribution is 0.00490. The largest absolute Gasteiger partial charge is 0.465 e. The number of rotatable bonds is 7. The molecule has 0 spiro atoms. The summed E-state index contributed by atoms with van der Waals surface area (Å²) in [6.45, 7) is 13.8. The molecule has 4 N–H and O–H groups in total. The van der Waals surface area contributed by atoms with Gasteiger partial charge in [-0.15, -0.1) is 11.3 Å². The van der Waals surface area contributed by atoms with E-state index in [4.69, 9.17) is 4.43 Å². The Morgan fingerprint density at radius 2 is 1.95 bits per heavy atom. The molecule has 2 amide bonds. The van der Waals surface area contributed by atoms with Gasteiger partial charge in [0.2, 0.25) is 0 Å². The summed E-state index contributed by atoms with van der Waals surface area (Å²) in [5.74, 6) is 0.0856. The number of carbonyl (C=O) groups is 2. The molecule has 10 nitrogen and oxygen atoms in total. The first-order chi connectivity index (χ1) is 18.8. The molecule has 0 unspecified atom stereocenters. The molecule has 0 bridgehead atoms. The molecule has 214 valence electrons. The first-order valence-corrected chi connectivity index (χ1v) is 17.5. The Labute approximate surface area is 239 Å². The number of aromatic nitrogens is 3. The summed E-state index contributed by atoms with van der Waals surface area (Å²) in [4.78, 5) is 39.2. The number of carbonyl (C=O) groups excluding carboxylic acids is 1. The molecule has 0 aromatic carbocycles. The van der Waals surface area contributed by atoms with Gasteiger partial charge in [-0.3, -0.25) is 9.78 Å². The molecule has 2 fully saturated rings. The van der Waals surface area contributed by atoms with Gasteiger partial charge in [-0.1, -0.05) is 27.7 Å². The van der Waals surface area contributed by atoms with Crippen LogP contribution in [0.4, 0.5) is 10.5 Å². The molecule has 4 heterocycles. The second kappa shape index (κ2) is 10.5. The molecule has 3 aromatic heterocycles. The molecule has 1 saturated carbocycles. The highest BCUT2D eigenvalue weighted by Crippen LogP contribution is 2.45. The van der Waals surface area contributed by atoms with Crippen molar-refractivity contribution >= 4 is 47.7 Å². The van der Waals surface area contributed by atoms with Crippen LogP contribution in [0.25, 0.3) is 10.3 Å². The molecule has 1 aliphatic carbocycles. The van der Waals surface area contributed by atoms with Crippen molar-refractivity contribution in [1.29, 1.82) is 0 Å². The van der Waals surface area contributed by atoms with Crippen molar-refractivity contribution in [2.24, 2.45) is 5.92 Å². The molecule has 12 heteroatoms. The van der Waals surface area contributed by atoms with Crippen LogP contribution in [-0.2, 0) is 9.96 Å². The van der Waals surface area contributed by atoms with E-state index in [-0.39, 0.29) is 16.7 Å². The van der Waals surface area contributed by atoms with Gasteiger partial charge < -0.3 is 25.5 Å². The predicted octanol–water partition coefficient (Wildman–Crippen LogP) is 5.31. The number of anilines is 1. The fraction of sp³-hybridized carbons (Fsp3) is 0.536. The van der Waals surface area contributed by atoms with E-state index in [9.17, 15) is 14.7 Å². The number of fused-ring (bicyclic) bond motifs is 1. The lowest BCUT2D eigenvalue weighted by Gasteiger charge is -2.52. The minimum absolute atomic E-state index is 0.0131. The number of nitrogens with one attached hydrogen (secondary N) is 3. The second-order valence-electron chi connectivity index (χ2n) is 12.5. The number of piperidine rings is 1. The number of thiazole rings is 1. The van der Waals surface area contributed by atoms with E-state index in [0.717, 1.165) is 22.5 Å². The zero-order chi connectivity index (χ0) is 28.9. The number of hydrogen-bond donors (Lipinski definition) is 4. The van der Waals surface area contributed by atoms with Crippen molar-refractivity contribution in [2.45, 2.75) is 76.2 Å². The Bertz CT molecular complexity index is 1440. The summed E-state index contributed by atoms with van der Waals surface area (Å²) in [5.41, 5.74) is 0.630. The summed E-state index contributed by atoms with van der Waals surface area (Å²) in [6, 6.07) is 5.34. The highest BCUT2D eigenvalue weighted by molar-refractivity contribution is 7.18. The maximum atomic E-state index is 13.5. The molecular formula is C28H38N6O4SSi. The van der Waals surface area contributed by atoms with Gasteiger partial charge in [0.05, 0.1) is 27.7 Å². The van der Waals surface area contributed by atoms with Crippen molar-refractivity contribution in [2.75, 3.05) is 18.4 Å². The summed E-state index contributed by atoms with van der Waals surface area (Å²) in [7, 11) is -2.32. The first-order valence-electron chi connectivity index (χ1n) is 13.7. The fourth-order valence-corrected chi connectivity index (χ4v) is 7.56. The zero-order valence-electron chi connectivity index (χ0n) is 23.9. The van der Waals surface area contributed by atoms with Gasteiger partial charge in [-0.05, 0) is 55.1 Å². The summed E-state index contributed by atoms with van der Waals surface area (Å²) < 4.78 is 7.92. The first kappa shape index (κ1) is 28.6. The van der Waals surface area contributed by atoms with Gasteiger partial charge in [0, 0.05) is 30.8 Å². The van der Waals surface area contributed by atoms with Gasteiger partial charge in [0.1, 0.15) is 11.2 Å². The van der Waals surface area contributed by atoms with Gasteiger partial charge in [0.15, 0.2) is 14.0 Å². The van der Waals surface area contributed by atoms with Crippen LogP contribution < -0.4 is 16.0 Å². The van der Waals surface area contributed by atoms with E-state index in [0.29, 0.717) is 35.9 Å². The smallest absolute Gasteiger partial charge is 0.405 e. The van der Waals surface area contributed by atoms with E-state index in [1.54, 1.807) is 35.9 Å². The normalized spacial score (nSPS) is 23.6. The number of carboxylic acid groups (broad SMARTS) is 1. The fourth-order valence-electron chi connectivity index (χ4n) is 5.06. The highest BCUT2D eigenvalue weighted by atomic mass is 32.1. The molecule has 1 saturated heterocycles. The molecule has 2 aliphatic rings. The maximum Gasteiger partial charge on any atom is 0.405 e. The quantitative estimate of drug-likeness (QED) is 0.275. The topological polar surface area (TPSA) is 138 Å². The number of hydrogen-bond acceptors (Lipinski definition) is 8. The van der Waals surface area contributed by atoms with Gasteiger partial charge >= 0.3 is 6.09 Å². The zero-order valence-corrected chi connectivity index (χ0v) is 25.7. The lowest BCUT2D eigenvalue weighted by Crippen LogP contribution is -2.68. The van der Waals surface area contributed by atoms with Crippen LogP contribution in [0.15, 0.2) is 30.6 Å². The third kappa shape index (κ3) is 5.49. The summed E-state index contributed by atoms with van der Waals surface area (Å²) in [6.07, 6.45) is 3.81. The van der Waals surface area contributed by atoms with Gasteiger partial charge in [-0.2, -0.15) is 0 Å². The van der Waals surface area contributed by atoms with E-state index in [2.05, 4.69) is 71.7 Å². The summed E-state index contributed by atoms with van der Waals surface area (Å²) >= 11 is 1.63. The van der Waals surface area contributed by atoms with Crippen molar-refractivity contribution in [3.05, 3.63) is 46.9 Å². The monoisotopic (exact) mass is 582 g/mol. The van der Waals surface area contributed by atoms with E-state index in [1.165, 1.54) is 0 Å². The molecule has 40 heavy (non-hydrogen) atoms. The van der Waals surface area contributed by atoms with Crippen molar-refractivity contribution in [3.8, 4) is 0 Å². The third-order valence-electron chi connectivity index (χ3n) is 8.41. The Hall–Kier alpha value is -2.93. The van der Waals surface area contributed by atoms with Crippen LogP contribution in [0.3, 0.4) is 0 Å². The van der Waals surface area contributed by atoms with Gasteiger partial charge in [0.25, 0.3) is 5.91 Å². The minimum atomic E-state index is -2.32. The Morgan fingerprint density at radius 3 is 2.62 bits per heavy atom. The number of nitrogens with zero attached hydrogens (tertiary/aromatic N) is 3. The third-order valence-corrected chi connectivity index (χ3v) is 14.0. The average molecular weight is 583 g/mol. The maximum absolute atomic E-state index is 13.5. The minimum Gasteiger partial charge on any atom is -0.465 e. The van der Waals surface area contributed by atoms with Crippen LogP contribution in [-0.4, -0.2) is 59.6 Å². The Balaban J connectivity index is 1.52. The molecule has 1 aliphatic heterocycles. The van der Waals surface area contributed by atoms with Crippen molar-refractivity contribution in [1.82, 2.24) is 25.6 Å². The van der Waals surface area contributed by atoms with E-state index in [1.807, 2.05) is 6.07 Å². The van der Waals surface area contributed by atoms with Crippen LogP contribution in [0.1, 0.15) is 67.5 Å². The van der Waals surface area contributed by atoms with Gasteiger partial charge in [-0.25, -0.2) is 14.8 Å². The van der Waals surface area contributed by atoms with Crippen LogP contribution >= 0.6 is 11.3 Å². The SMILES string of the molecule is C[C@H]1CNC[C@](NC(=O)O)(c2ccncc2NC(=O)c2ccc3sc(C4CC4)nc3n2)[C@@H]1O[Si](C)(C)C(C)(C)C. The standard InChI is InChI=1S/C28H38N6O4SSi/c1-16-13-30-15-28(34-26(36)37,22(16)38-40(5,6)27(2,3)4)18-11-12-29-14-20(18)32-24(35)19-9-10-21-23(31-19)33-25(39-21)17-7-8-17/h9-12,14,16-17,22,30,34H,7-8,13,15H2,1-6H3,(H,32,35)(H,36,37)/t16-,22+,28-/m0/s1.